The molecule has 1 aromatic rings. The zero-order chi connectivity index (χ0) is 11.1. The van der Waals surface area contributed by atoms with E-state index in [9.17, 15) is 0 Å². The molecule has 0 spiro atoms. The topological polar surface area (TPSA) is 21.3 Å². The van der Waals surface area contributed by atoms with Crippen LogP contribution in [-0.2, 0) is 0 Å². The summed E-state index contributed by atoms with van der Waals surface area (Å²) in [7, 11) is 0. The lowest BCUT2D eigenvalue weighted by Crippen LogP contribution is -2.22. The molecule has 0 saturated heterocycles. The molecular weight excluding hydrogens is 198 g/mol. The van der Waals surface area contributed by atoms with Crippen molar-refractivity contribution in [2.24, 2.45) is 5.92 Å². The Morgan fingerprint density at radius 1 is 1.12 bits per heavy atom. The van der Waals surface area contributed by atoms with Crippen LogP contribution in [0.2, 0.25) is 0 Å². The number of benzene rings is 1. The lowest BCUT2D eigenvalue weighted by atomic mass is 10.2. The van der Waals surface area contributed by atoms with Crippen molar-refractivity contribution in [3.63, 3.8) is 0 Å². The van der Waals surface area contributed by atoms with Crippen LogP contribution < -0.4 is 10.1 Å². The van der Waals surface area contributed by atoms with Crippen LogP contribution in [0.5, 0.6) is 5.75 Å². The molecule has 0 aliphatic heterocycles. The monoisotopic (exact) mass is 219 g/mol. The molecule has 0 amide bonds. The fraction of sp³-hybridized carbons (Fsp3) is 0.571. The summed E-state index contributed by atoms with van der Waals surface area (Å²) in [6.45, 7) is 2.83. The first kappa shape index (κ1) is 11.5. The van der Waals surface area contributed by atoms with E-state index in [0.717, 1.165) is 31.4 Å². The summed E-state index contributed by atoms with van der Waals surface area (Å²) in [5.41, 5.74) is 0. The lowest BCUT2D eigenvalue weighted by Gasteiger charge is -2.07. The van der Waals surface area contributed by atoms with E-state index in [4.69, 9.17) is 4.74 Å². The predicted molar refractivity (Wildman–Crippen MR) is 66.8 cm³/mol. The highest BCUT2D eigenvalue weighted by Gasteiger charge is 2.19. The Bertz CT molecular complexity index is 282. The zero-order valence-corrected chi connectivity index (χ0v) is 9.82. The van der Waals surface area contributed by atoms with Crippen molar-refractivity contribution in [3.05, 3.63) is 30.3 Å². The molecule has 16 heavy (non-hydrogen) atoms. The van der Waals surface area contributed by atoms with Gasteiger partial charge in [0.25, 0.3) is 0 Å². The third-order valence-corrected chi connectivity index (χ3v) is 2.95. The Morgan fingerprint density at radius 3 is 2.69 bits per heavy atom. The standard InChI is InChI=1S/C14H21NO/c1-2-6-14(7-3-1)16-12-11-15-10-4-5-13-8-9-13/h1-3,6-7,13,15H,4-5,8-12H2. The molecular formula is C14H21NO. The minimum atomic E-state index is 0.757. The summed E-state index contributed by atoms with van der Waals surface area (Å²) in [6.07, 6.45) is 5.66. The average Bonchev–Trinajstić information content (AvgIpc) is 3.13. The average molecular weight is 219 g/mol. The van der Waals surface area contributed by atoms with E-state index < -0.39 is 0 Å². The Morgan fingerprint density at radius 2 is 1.94 bits per heavy atom. The summed E-state index contributed by atoms with van der Waals surface area (Å²) < 4.78 is 5.58. The molecule has 88 valence electrons. The molecule has 0 atom stereocenters. The van der Waals surface area contributed by atoms with E-state index in [1.54, 1.807) is 0 Å². The SMILES string of the molecule is c1ccc(OCCNCCCC2CC2)cc1. The minimum Gasteiger partial charge on any atom is -0.492 e. The maximum absolute atomic E-state index is 5.58. The second-order valence-electron chi connectivity index (χ2n) is 4.50. The molecule has 2 rings (SSSR count). The van der Waals surface area contributed by atoms with Gasteiger partial charge in [-0.3, -0.25) is 0 Å². The van der Waals surface area contributed by atoms with E-state index in [0.29, 0.717) is 0 Å². The van der Waals surface area contributed by atoms with Gasteiger partial charge >= 0.3 is 0 Å². The van der Waals surface area contributed by atoms with E-state index >= 15 is 0 Å². The van der Waals surface area contributed by atoms with Crippen molar-refractivity contribution in [3.8, 4) is 5.75 Å². The third kappa shape index (κ3) is 4.67. The first-order valence-electron chi connectivity index (χ1n) is 6.34. The van der Waals surface area contributed by atoms with Gasteiger partial charge in [0.05, 0.1) is 0 Å². The number of rotatable bonds is 8. The van der Waals surface area contributed by atoms with Gasteiger partial charge in [0.15, 0.2) is 0 Å². The summed E-state index contributed by atoms with van der Waals surface area (Å²) in [5.74, 6) is 2.02. The first-order chi connectivity index (χ1) is 7.95. The smallest absolute Gasteiger partial charge is 0.119 e. The molecule has 1 aliphatic carbocycles. The highest BCUT2D eigenvalue weighted by Crippen LogP contribution is 2.33. The molecule has 2 nitrogen and oxygen atoms in total. The second-order valence-corrected chi connectivity index (χ2v) is 4.50. The quantitative estimate of drug-likeness (QED) is 0.679. The molecule has 0 heterocycles. The maximum Gasteiger partial charge on any atom is 0.119 e. The van der Waals surface area contributed by atoms with Gasteiger partial charge < -0.3 is 10.1 Å². The number of nitrogens with one attached hydrogen (secondary N) is 1. The summed E-state index contributed by atoms with van der Waals surface area (Å²) >= 11 is 0. The Hall–Kier alpha value is -1.02. The van der Waals surface area contributed by atoms with E-state index in [1.807, 2.05) is 30.3 Å². The molecule has 1 fully saturated rings. The number of ether oxygens (including phenoxy) is 1. The van der Waals surface area contributed by atoms with E-state index in [2.05, 4.69) is 5.32 Å². The van der Waals surface area contributed by atoms with Crippen molar-refractivity contribution in [2.45, 2.75) is 25.7 Å². The second kappa shape index (κ2) is 6.54. The summed E-state index contributed by atoms with van der Waals surface area (Å²) in [5, 5.41) is 3.41. The lowest BCUT2D eigenvalue weighted by molar-refractivity contribution is 0.313. The van der Waals surface area contributed by atoms with Crippen LogP contribution in [0.1, 0.15) is 25.7 Å². The van der Waals surface area contributed by atoms with E-state index in [1.165, 1.54) is 25.7 Å². The van der Waals surface area contributed by atoms with Crippen molar-refractivity contribution in [2.75, 3.05) is 19.7 Å². The van der Waals surface area contributed by atoms with Gasteiger partial charge in [-0.2, -0.15) is 0 Å². The van der Waals surface area contributed by atoms with Gasteiger partial charge in [-0.05, 0) is 37.4 Å². The van der Waals surface area contributed by atoms with Gasteiger partial charge in [0, 0.05) is 6.54 Å². The molecule has 2 heteroatoms. The zero-order valence-electron chi connectivity index (χ0n) is 9.82. The molecule has 0 unspecified atom stereocenters. The maximum atomic E-state index is 5.58. The molecule has 1 aliphatic rings. The largest absolute Gasteiger partial charge is 0.492 e. The van der Waals surface area contributed by atoms with Crippen LogP contribution in [0.4, 0.5) is 0 Å². The van der Waals surface area contributed by atoms with Gasteiger partial charge in [0.2, 0.25) is 0 Å². The van der Waals surface area contributed by atoms with Crippen molar-refractivity contribution >= 4 is 0 Å². The molecule has 0 bridgehead atoms. The fourth-order valence-electron chi connectivity index (χ4n) is 1.81. The van der Waals surface area contributed by atoms with E-state index in [-0.39, 0.29) is 0 Å². The minimum absolute atomic E-state index is 0.757. The van der Waals surface area contributed by atoms with Gasteiger partial charge in [-0.25, -0.2) is 0 Å². The number of hydrogen-bond acceptors (Lipinski definition) is 2. The van der Waals surface area contributed by atoms with Crippen LogP contribution in [0, 0.1) is 5.92 Å². The normalized spacial score (nSPS) is 15.0. The summed E-state index contributed by atoms with van der Waals surface area (Å²) in [4.78, 5) is 0. The Labute approximate surface area is 98.0 Å². The van der Waals surface area contributed by atoms with Crippen molar-refractivity contribution in [1.82, 2.24) is 5.32 Å². The van der Waals surface area contributed by atoms with Gasteiger partial charge in [0.1, 0.15) is 12.4 Å². The predicted octanol–water partition coefficient (Wildman–Crippen LogP) is 2.85. The van der Waals surface area contributed by atoms with Gasteiger partial charge in [-0.15, -0.1) is 0 Å². The number of para-hydroxylation sites is 1. The van der Waals surface area contributed by atoms with Crippen LogP contribution >= 0.6 is 0 Å². The van der Waals surface area contributed by atoms with Crippen molar-refractivity contribution in [1.29, 1.82) is 0 Å². The van der Waals surface area contributed by atoms with Crippen LogP contribution in [-0.4, -0.2) is 19.7 Å². The third-order valence-electron chi connectivity index (χ3n) is 2.95. The molecule has 1 aromatic carbocycles. The van der Waals surface area contributed by atoms with Gasteiger partial charge in [-0.1, -0.05) is 31.0 Å². The molecule has 0 aromatic heterocycles. The van der Waals surface area contributed by atoms with Crippen LogP contribution in [0.25, 0.3) is 0 Å². The molecule has 1 N–H and O–H groups in total. The van der Waals surface area contributed by atoms with Crippen LogP contribution in [0.15, 0.2) is 30.3 Å². The fourth-order valence-corrected chi connectivity index (χ4v) is 1.81. The first-order valence-corrected chi connectivity index (χ1v) is 6.34. The van der Waals surface area contributed by atoms with Crippen LogP contribution in [0.3, 0.4) is 0 Å². The highest BCUT2D eigenvalue weighted by molar-refractivity contribution is 5.20. The highest BCUT2D eigenvalue weighted by atomic mass is 16.5. The Balaban J connectivity index is 1.42. The molecule has 1 saturated carbocycles. The Kier molecular flexibility index (Phi) is 4.69. The summed E-state index contributed by atoms with van der Waals surface area (Å²) in [6, 6.07) is 9.99. The van der Waals surface area contributed by atoms with Crippen molar-refractivity contribution < 1.29 is 4.74 Å². The molecule has 0 radical (unpaired) electrons. The number of hydrogen-bond donors (Lipinski definition) is 1.